The van der Waals surface area contributed by atoms with Gasteiger partial charge in [0, 0.05) is 34.2 Å². The third kappa shape index (κ3) is 2.38. The highest BCUT2D eigenvalue weighted by Gasteiger charge is 2.09. The summed E-state index contributed by atoms with van der Waals surface area (Å²) in [4.78, 5) is 18.5. The number of aromatic amines is 2. The second-order valence-corrected chi connectivity index (χ2v) is 5.24. The highest BCUT2D eigenvalue weighted by atomic mass is 16.2. The van der Waals surface area contributed by atoms with Gasteiger partial charge >= 0.3 is 0 Å². The van der Waals surface area contributed by atoms with Crippen molar-refractivity contribution in [2.75, 3.05) is 0 Å². The van der Waals surface area contributed by atoms with Crippen molar-refractivity contribution >= 4 is 33.9 Å². The monoisotopic (exact) mass is 302 g/mol. The Morgan fingerprint density at radius 1 is 1.04 bits per heavy atom. The SMILES string of the molecule is O=C(NN=Cc1c[nH]c2ccccc12)c1cccc2cc[nH]c12. The zero-order valence-corrected chi connectivity index (χ0v) is 12.2. The van der Waals surface area contributed by atoms with Gasteiger partial charge in [0.25, 0.3) is 5.91 Å². The first-order chi connectivity index (χ1) is 11.3. The molecule has 0 saturated carbocycles. The molecule has 2 aromatic heterocycles. The summed E-state index contributed by atoms with van der Waals surface area (Å²) in [6.07, 6.45) is 5.33. The second-order valence-electron chi connectivity index (χ2n) is 5.24. The molecule has 0 bridgehead atoms. The number of H-pyrrole nitrogens is 2. The molecule has 0 saturated heterocycles. The van der Waals surface area contributed by atoms with E-state index in [4.69, 9.17) is 0 Å². The zero-order chi connectivity index (χ0) is 15.6. The van der Waals surface area contributed by atoms with Gasteiger partial charge in [0.1, 0.15) is 0 Å². The lowest BCUT2D eigenvalue weighted by Gasteiger charge is -2.01. The van der Waals surface area contributed by atoms with Gasteiger partial charge in [-0.25, -0.2) is 5.43 Å². The summed E-state index contributed by atoms with van der Waals surface area (Å²) in [7, 11) is 0. The summed E-state index contributed by atoms with van der Waals surface area (Å²) in [5.74, 6) is -0.242. The normalized spacial score (nSPS) is 11.5. The summed E-state index contributed by atoms with van der Waals surface area (Å²) >= 11 is 0. The maximum absolute atomic E-state index is 12.3. The van der Waals surface area contributed by atoms with Gasteiger partial charge in [0.05, 0.1) is 17.3 Å². The minimum Gasteiger partial charge on any atom is -0.361 e. The molecule has 0 unspecified atom stereocenters. The first-order valence-corrected chi connectivity index (χ1v) is 7.28. The largest absolute Gasteiger partial charge is 0.361 e. The van der Waals surface area contributed by atoms with Gasteiger partial charge in [-0.15, -0.1) is 0 Å². The number of aromatic nitrogens is 2. The van der Waals surface area contributed by atoms with E-state index >= 15 is 0 Å². The third-order valence-electron chi connectivity index (χ3n) is 3.82. The molecule has 4 rings (SSSR count). The van der Waals surface area contributed by atoms with Crippen LogP contribution in [0.25, 0.3) is 21.8 Å². The average Bonchev–Trinajstić information content (AvgIpc) is 3.21. The van der Waals surface area contributed by atoms with Gasteiger partial charge in [-0.2, -0.15) is 5.10 Å². The molecule has 5 heteroatoms. The molecule has 2 heterocycles. The molecule has 0 radical (unpaired) electrons. The molecule has 0 aliphatic rings. The van der Waals surface area contributed by atoms with Crippen LogP contribution < -0.4 is 5.43 Å². The first kappa shape index (κ1) is 13.3. The topological polar surface area (TPSA) is 73.0 Å². The lowest BCUT2D eigenvalue weighted by molar-refractivity contribution is 0.0956. The number of carbonyl (C=O) groups excluding carboxylic acids is 1. The molecular weight excluding hydrogens is 288 g/mol. The van der Waals surface area contributed by atoms with Crippen molar-refractivity contribution in [2.24, 2.45) is 5.10 Å². The molecule has 0 aliphatic carbocycles. The molecule has 112 valence electrons. The van der Waals surface area contributed by atoms with Crippen molar-refractivity contribution in [1.29, 1.82) is 0 Å². The van der Waals surface area contributed by atoms with Gasteiger partial charge in [-0.1, -0.05) is 30.3 Å². The fourth-order valence-corrected chi connectivity index (χ4v) is 2.70. The minimum absolute atomic E-state index is 0.242. The van der Waals surface area contributed by atoms with E-state index in [-0.39, 0.29) is 5.91 Å². The number of benzene rings is 2. The summed E-state index contributed by atoms with van der Waals surface area (Å²) in [6, 6.07) is 15.5. The van der Waals surface area contributed by atoms with Crippen molar-refractivity contribution in [2.45, 2.75) is 0 Å². The van der Waals surface area contributed by atoms with E-state index in [1.807, 2.05) is 54.9 Å². The Balaban J connectivity index is 1.56. The highest BCUT2D eigenvalue weighted by Crippen LogP contribution is 2.17. The van der Waals surface area contributed by atoms with Crippen LogP contribution in [0.1, 0.15) is 15.9 Å². The van der Waals surface area contributed by atoms with Crippen LogP contribution in [0.5, 0.6) is 0 Å². The van der Waals surface area contributed by atoms with Gasteiger partial charge < -0.3 is 9.97 Å². The quantitative estimate of drug-likeness (QED) is 0.394. The number of fused-ring (bicyclic) bond motifs is 2. The summed E-state index contributed by atoms with van der Waals surface area (Å²) in [5, 5.41) is 6.14. The maximum Gasteiger partial charge on any atom is 0.273 e. The van der Waals surface area contributed by atoms with Gasteiger partial charge in [-0.05, 0) is 18.2 Å². The smallest absolute Gasteiger partial charge is 0.273 e. The van der Waals surface area contributed by atoms with Crippen LogP contribution in [0, 0.1) is 0 Å². The molecule has 0 spiro atoms. The number of amides is 1. The van der Waals surface area contributed by atoms with Crippen molar-refractivity contribution in [3.8, 4) is 0 Å². The van der Waals surface area contributed by atoms with Crippen molar-refractivity contribution in [3.63, 3.8) is 0 Å². The Kier molecular flexibility index (Phi) is 3.16. The Bertz CT molecular complexity index is 1030. The molecule has 0 aliphatic heterocycles. The van der Waals surface area contributed by atoms with E-state index < -0.39 is 0 Å². The number of para-hydroxylation sites is 2. The lowest BCUT2D eigenvalue weighted by Crippen LogP contribution is -2.17. The van der Waals surface area contributed by atoms with E-state index in [2.05, 4.69) is 20.5 Å². The van der Waals surface area contributed by atoms with Gasteiger partial charge in [-0.3, -0.25) is 4.79 Å². The average molecular weight is 302 g/mol. The number of hydrazone groups is 1. The van der Waals surface area contributed by atoms with E-state index in [1.54, 1.807) is 12.3 Å². The highest BCUT2D eigenvalue weighted by molar-refractivity contribution is 6.06. The van der Waals surface area contributed by atoms with Crippen molar-refractivity contribution < 1.29 is 4.79 Å². The van der Waals surface area contributed by atoms with Crippen LogP contribution in [-0.4, -0.2) is 22.1 Å². The van der Waals surface area contributed by atoms with Gasteiger partial charge in [0.15, 0.2) is 0 Å². The van der Waals surface area contributed by atoms with Crippen molar-refractivity contribution in [3.05, 3.63) is 72.1 Å². The fourth-order valence-electron chi connectivity index (χ4n) is 2.70. The molecule has 23 heavy (non-hydrogen) atoms. The van der Waals surface area contributed by atoms with Gasteiger partial charge in [0.2, 0.25) is 0 Å². The summed E-state index contributed by atoms with van der Waals surface area (Å²) < 4.78 is 0. The Morgan fingerprint density at radius 3 is 2.91 bits per heavy atom. The molecule has 3 N–H and O–H groups in total. The lowest BCUT2D eigenvalue weighted by atomic mass is 10.1. The Morgan fingerprint density at radius 2 is 1.96 bits per heavy atom. The number of nitrogens with one attached hydrogen (secondary N) is 3. The van der Waals surface area contributed by atoms with Crippen LogP contribution >= 0.6 is 0 Å². The molecule has 0 atom stereocenters. The number of nitrogens with zero attached hydrogens (tertiary/aromatic N) is 1. The van der Waals surface area contributed by atoms with E-state index in [0.717, 1.165) is 27.4 Å². The molecular formula is C18H14N4O. The van der Waals surface area contributed by atoms with Crippen LogP contribution in [0.3, 0.4) is 0 Å². The standard InChI is InChI=1S/C18H14N4O/c23-18(15-6-3-4-12-8-9-19-17(12)15)22-21-11-13-10-20-16-7-2-1-5-14(13)16/h1-11,19-20H,(H,22,23). The molecule has 1 amide bonds. The predicted octanol–water partition coefficient (Wildman–Crippen LogP) is 3.41. The number of hydrogen-bond donors (Lipinski definition) is 3. The zero-order valence-electron chi connectivity index (χ0n) is 12.2. The number of carbonyl (C=O) groups is 1. The van der Waals surface area contributed by atoms with E-state index in [1.165, 1.54) is 0 Å². The Labute approximate surface area is 132 Å². The minimum atomic E-state index is -0.242. The second kappa shape index (κ2) is 5.46. The predicted molar refractivity (Wildman–Crippen MR) is 91.7 cm³/mol. The molecule has 2 aromatic carbocycles. The summed E-state index contributed by atoms with van der Waals surface area (Å²) in [6.45, 7) is 0. The van der Waals surface area contributed by atoms with Crippen LogP contribution in [0.2, 0.25) is 0 Å². The third-order valence-corrected chi connectivity index (χ3v) is 3.82. The van der Waals surface area contributed by atoms with Crippen molar-refractivity contribution in [1.82, 2.24) is 15.4 Å². The molecule has 5 nitrogen and oxygen atoms in total. The van der Waals surface area contributed by atoms with E-state index in [0.29, 0.717) is 5.56 Å². The Hall–Kier alpha value is -3.34. The van der Waals surface area contributed by atoms with Crippen LogP contribution in [0.15, 0.2) is 66.0 Å². The fraction of sp³-hybridized carbons (Fsp3) is 0. The summed E-state index contributed by atoms with van der Waals surface area (Å²) in [5.41, 5.74) is 5.93. The van der Waals surface area contributed by atoms with E-state index in [9.17, 15) is 4.79 Å². The maximum atomic E-state index is 12.3. The number of rotatable bonds is 3. The molecule has 0 fully saturated rings. The van der Waals surface area contributed by atoms with Crippen LogP contribution in [0.4, 0.5) is 0 Å². The number of hydrogen-bond acceptors (Lipinski definition) is 2. The van der Waals surface area contributed by atoms with Crippen LogP contribution in [-0.2, 0) is 0 Å². The molecule has 4 aromatic rings. The first-order valence-electron chi connectivity index (χ1n) is 7.28.